The van der Waals surface area contributed by atoms with Gasteiger partial charge >= 0.3 is 12.0 Å². The van der Waals surface area contributed by atoms with Crippen molar-refractivity contribution in [2.45, 2.75) is 66.2 Å². The predicted molar refractivity (Wildman–Crippen MR) is 128 cm³/mol. The molecule has 1 aromatic carbocycles. The number of esters is 1. The van der Waals surface area contributed by atoms with Crippen molar-refractivity contribution >= 4 is 52.2 Å². The average Bonchev–Trinajstić information content (AvgIpc) is 2.72. The summed E-state index contributed by atoms with van der Waals surface area (Å²) in [6.07, 6.45) is 7.31. The van der Waals surface area contributed by atoms with Crippen molar-refractivity contribution in [3.63, 3.8) is 0 Å². The molecule has 0 saturated carbocycles. The van der Waals surface area contributed by atoms with Crippen LogP contribution in [0.4, 0.5) is 10.5 Å². The van der Waals surface area contributed by atoms with Gasteiger partial charge in [-0.15, -0.1) is 0 Å². The number of hydrogen-bond donors (Lipinski definition) is 1. The molecule has 0 aliphatic carbocycles. The Bertz CT molecular complexity index is 980. The zero-order valence-electron chi connectivity index (χ0n) is 19.1. The van der Waals surface area contributed by atoms with Gasteiger partial charge in [0.1, 0.15) is 0 Å². The molecule has 0 fully saturated rings. The van der Waals surface area contributed by atoms with E-state index in [2.05, 4.69) is 21.4 Å². The molecule has 0 radical (unpaired) electrons. The lowest BCUT2D eigenvalue weighted by atomic mass is 10.0. The summed E-state index contributed by atoms with van der Waals surface area (Å²) in [5.74, 6) is -0.699. The van der Waals surface area contributed by atoms with Crippen LogP contribution in [0, 0.1) is 6.92 Å². The quantitative estimate of drug-likeness (QED) is 0.356. The maximum atomic E-state index is 12.2. The fraction of sp³-hybridized carbons (Fsp3) is 0.458. The van der Waals surface area contributed by atoms with Crippen molar-refractivity contribution in [3.8, 4) is 0 Å². The van der Waals surface area contributed by atoms with Crippen molar-refractivity contribution < 1.29 is 19.1 Å². The van der Waals surface area contributed by atoms with E-state index >= 15 is 0 Å². The number of halogens is 1. The number of nitrogens with one attached hydrogen (secondary N) is 1. The Morgan fingerprint density at radius 1 is 1.19 bits per heavy atom. The maximum absolute atomic E-state index is 12.2. The van der Waals surface area contributed by atoms with E-state index in [1.165, 1.54) is 0 Å². The molecule has 0 saturated heterocycles. The lowest BCUT2D eigenvalue weighted by Crippen LogP contribution is -2.42. The van der Waals surface area contributed by atoms with Crippen LogP contribution in [0.25, 0.3) is 5.57 Å². The largest absolute Gasteiger partial charge is 0.466 e. The molecule has 32 heavy (non-hydrogen) atoms. The minimum atomic E-state index is -0.683. The van der Waals surface area contributed by atoms with Gasteiger partial charge in [-0.05, 0) is 70.2 Å². The van der Waals surface area contributed by atoms with Crippen LogP contribution < -0.4 is 5.32 Å². The zero-order chi connectivity index (χ0) is 23.7. The van der Waals surface area contributed by atoms with Crippen LogP contribution in [-0.2, 0) is 14.3 Å². The molecule has 1 N–H and O–H groups in total. The van der Waals surface area contributed by atoms with Gasteiger partial charge in [-0.3, -0.25) is 14.9 Å². The fourth-order valence-corrected chi connectivity index (χ4v) is 3.47. The molecule has 0 spiro atoms. The first kappa shape index (κ1) is 25.5. The molecule has 3 amide bonds. The Morgan fingerprint density at radius 3 is 2.59 bits per heavy atom. The van der Waals surface area contributed by atoms with Gasteiger partial charge in [0.25, 0.3) is 5.91 Å². The molecule has 0 bridgehead atoms. The van der Waals surface area contributed by atoms with E-state index in [1.54, 1.807) is 6.92 Å². The number of ether oxygens (including phenoxy) is 1. The summed E-state index contributed by atoms with van der Waals surface area (Å²) < 4.78 is 4.93. The molecule has 0 atom stereocenters. The molecule has 2 rings (SSSR count). The highest BCUT2D eigenvalue weighted by molar-refractivity contribution is 6.69. The molecule has 1 aromatic rings. The zero-order valence-corrected chi connectivity index (χ0v) is 19.8. The molecule has 1 aliphatic heterocycles. The van der Waals surface area contributed by atoms with Crippen LogP contribution in [0.3, 0.4) is 0 Å². The third-order valence-corrected chi connectivity index (χ3v) is 5.48. The van der Waals surface area contributed by atoms with Gasteiger partial charge in [0.15, 0.2) is 5.71 Å². The highest BCUT2D eigenvalue weighted by Crippen LogP contribution is 2.33. The Morgan fingerprint density at radius 2 is 1.91 bits per heavy atom. The summed E-state index contributed by atoms with van der Waals surface area (Å²) in [6.45, 7) is 7.68. The van der Waals surface area contributed by atoms with Gasteiger partial charge in [0.2, 0.25) is 0 Å². The van der Waals surface area contributed by atoms with Crippen molar-refractivity contribution in [3.05, 3.63) is 34.4 Å². The van der Waals surface area contributed by atoms with E-state index in [0.29, 0.717) is 23.7 Å². The molecular formula is C24H30ClN3O4. The number of imide groups is 1. The van der Waals surface area contributed by atoms with Gasteiger partial charge in [-0.2, -0.15) is 4.99 Å². The molecule has 0 unspecified atom stereocenters. The Labute approximate surface area is 194 Å². The second-order valence-electron chi connectivity index (χ2n) is 7.68. The van der Waals surface area contributed by atoms with Gasteiger partial charge in [-0.25, -0.2) is 9.79 Å². The Hall–Kier alpha value is -2.80. The summed E-state index contributed by atoms with van der Waals surface area (Å²) in [6, 6.07) is 2.99. The molecule has 7 nitrogen and oxygen atoms in total. The SMILES string of the molecule is CCOC(=O)CCCCCCC=C(C)c1cc(Cl)c(C)cc1N=C1C(=O)NC(=O)N=C1C. The van der Waals surface area contributed by atoms with Crippen LogP contribution in [0.2, 0.25) is 5.02 Å². The molecule has 1 heterocycles. The first-order valence-corrected chi connectivity index (χ1v) is 11.2. The number of urea groups is 1. The normalized spacial score (nSPS) is 15.6. The topological polar surface area (TPSA) is 97.2 Å². The highest BCUT2D eigenvalue weighted by Gasteiger charge is 2.24. The van der Waals surface area contributed by atoms with Crippen LogP contribution in [0.1, 0.15) is 70.4 Å². The summed E-state index contributed by atoms with van der Waals surface area (Å²) in [5.41, 5.74) is 3.66. The van der Waals surface area contributed by atoms with Crippen LogP contribution in [0.5, 0.6) is 0 Å². The smallest absolute Gasteiger partial charge is 0.348 e. The summed E-state index contributed by atoms with van der Waals surface area (Å²) >= 11 is 6.35. The number of carbonyl (C=O) groups excluding carboxylic acids is 3. The second-order valence-corrected chi connectivity index (χ2v) is 8.09. The standard InChI is InChI=1S/C24H30ClN3O4/c1-5-32-21(29)12-10-8-6-7-9-11-15(2)18-14-19(25)16(3)13-20(18)27-22-17(4)26-24(31)28-23(22)30/h11,13-14H,5-10,12H2,1-4H3,(H,28,30,31). The molecule has 8 heteroatoms. The van der Waals surface area contributed by atoms with E-state index < -0.39 is 11.9 Å². The number of aryl methyl sites for hydroxylation is 1. The number of rotatable bonds is 10. The van der Waals surface area contributed by atoms with E-state index in [4.69, 9.17) is 16.3 Å². The third-order valence-electron chi connectivity index (χ3n) is 5.07. The number of carbonyl (C=O) groups is 3. The monoisotopic (exact) mass is 459 g/mol. The van der Waals surface area contributed by atoms with E-state index in [-0.39, 0.29) is 17.4 Å². The van der Waals surface area contributed by atoms with Gasteiger partial charge in [-0.1, -0.05) is 30.5 Å². The minimum absolute atomic E-state index is 0.113. The van der Waals surface area contributed by atoms with Crippen molar-refractivity contribution in [2.75, 3.05) is 6.61 Å². The summed E-state index contributed by atoms with van der Waals surface area (Å²) in [5, 5.41) is 2.78. The first-order chi connectivity index (χ1) is 15.2. The average molecular weight is 460 g/mol. The number of nitrogens with zero attached hydrogens (tertiary/aromatic N) is 2. The minimum Gasteiger partial charge on any atom is -0.466 e. The van der Waals surface area contributed by atoms with Gasteiger partial charge < -0.3 is 4.74 Å². The lowest BCUT2D eigenvalue weighted by molar-refractivity contribution is -0.143. The van der Waals surface area contributed by atoms with Crippen molar-refractivity contribution in [1.29, 1.82) is 0 Å². The van der Waals surface area contributed by atoms with Crippen molar-refractivity contribution in [2.24, 2.45) is 9.98 Å². The number of unbranched alkanes of at least 4 members (excludes halogenated alkanes) is 4. The Balaban J connectivity index is 2.09. The number of allylic oxidation sites excluding steroid dienone is 2. The van der Waals surface area contributed by atoms with Gasteiger partial charge in [0, 0.05) is 17.0 Å². The van der Waals surface area contributed by atoms with Crippen LogP contribution >= 0.6 is 11.6 Å². The third kappa shape index (κ3) is 7.41. The number of amides is 3. The van der Waals surface area contributed by atoms with Crippen LogP contribution in [-0.4, -0.2) is 35.9 Å². The maximum Gasteiger partial charge on any atom is 0.348 e. The fourth-order valence-electron chi connectivity index (χ4n) is 3.31. The second kappa shape index (κ2) is 12.3. The molecular weight excluding hydrogens is 430 g/mol. The molecule has 172 valence electrons. The molecule has 0 aromatic heterocycles. The Kier molecular flexibility index (Phi) is 9.78. The lowest BCUT2D eigenvalue weighted by Gasteiger charge is -2.14. The first-order valence-electron chi connectivity index (χ1n) is 10.9. The molecule has 1 aliphatic rings. The van der Waals surface area contributed by atoms with E-state index in [1.807, 2.05) is 32.9 Å². The number of hydrogen-bond acceptors (Lipinski definition) is 5. The number of benzene rings is 1. The number of aliphatic imine (C=N–C) groups is 2. The van der Waals surface area contributed by atoms with Crippen molar-refractivity contribution in [1.82, 2.24) is 5.32 Å². The summed E-state index contributed by atoms with van der Waals surface area (Å²) in [7, 11) is 0. The van der Waals surface area contributed by atoms with Crippen LogP contribution in [0.15, 0.2) is 28.2 Å². The highest BCUT2D eigenvalue weighted by atomic mass is 35.5. The van der Waals surface area contributed by atoms with Gasteiger partial charge in [0.05, 0.1) is 18.0 Å². The summed E-state index contributed by atoms with van der Waals surface area (Å²) in [4.78, 5) is 43.3. The predicted octanol–water partition coefficient (Wildman–Crippen LogP) is 5.74. The van der Waals surface area contributed by atoms with E-state index in [9.17, 15) is 14.4 Å². The van der Waals surface area contributed by atoms with E-state index in [0.717, 1.165) is 48.8 Å².